The lowest BCUT2D eigenvalue weighted by atomic mass is 10.1. The highest BCUT2D eigenvalue weighted by Gasteiger charge is 2.03. The fourth-order valence-corrected chi connectivity index (χ4v) is 3.23. The van der Waals surface area contributed by atoms with Crippen molar-refractivity contribution in [2.24, 2.45) is 0 Å². The van der Waals surface area contributed by atoms with Crippen LogP contribution in [0.3, 0.4) is 0 Å². The van der Waals surface area contributed by atoms with Crippen molar-refractivity contribution in [2.75, 3.05) is 10.6 Å². The van der Waals surface area contributed by atoms with E-state index in [0.717, 1.165) is 27.8 Å². The first kappa shape index (κ1) is 16.3. The van der Waals surface area contributed by atoms with E-state index in [1.807, 2.05) is 24.5 Å². The monoisotopic (exact) mass is 369 g/mol. The van der Waals surface area contributed by atoms with Gasteiger partial charge in [-0.1, -0.05) is 12.1 Å². The first-order chi connectivity index (χ1) is 13.8. The number of nitrogens with zero attached hydrogens (tertiary/aromatic N) is 3. The molecule has 5 rings (SSSR count). The zero-order valence-electron chi connectivity index (χ0n) is 15.1. The van der Waals surface area contributed by atoms with Gasteiger partial charge in [0.1, 0.15) is 5.82 Å². The number of hydrogen-bond donors (Lipinski definition) is 4. The van der Waals surface area contributed by atoms with Crippen LogP contribution in [0, 0.1) is 0 Å². The molecule has 0 fully saturated rings. The summed E-state index contributed by atoms with van der Waals surface area (Å²) in [6, 6.07) is 16.5. The van der Waals surface area contributed by atoms with Gasteiger partial charge in [0.25, 0.3) is 0 Å². The van der Waals surface area contributed by atoms with Gasteiger partial charge in [-0.05, 0) is 52.9 Å². The van der Waals surface area contributed by atoms with Gasteiger partial charge in [-0.3, -0.25) is 5.10 Å². The highest BCUT2D eigenvalue weighted by molar-refractivity contribution is 5.80. The van der Waals surface area contributed by atoms with Crippen LogP contribution in [0.15, 0.2) is 67.1 Å². The van der Waals surface area contributed by atoms with Gasteiger partial charge in [0.05, 0.1) is 11.7 Å². The zero-order chi connectivity index (χ0) is 18.8. The lowest BCUT2D eigenvalue weighted by molar-refractivity contribution is 1.04. The average Bonchev–Trinajstić information content (AvgIpc) is 3.39. The van der Waals surface area contributed by atoms with Gasteiger partial charge in [-0.25, -0.2) is 4.98 Å². The number of rotatable bonds is 6. The van der Waals surface area contributed by atoms with E-state index in [1.165, 1.54) is 10.9 Å². The summed E-state index contributed by atoms with van der Waals surface area (Å²) in [4.78, 5) is 12.1. The molecule has 0 radical (unpaired) electrons. The highest BCUT2D eigenvalue weighted by Crippen LogP contribution is 2.16. The summed E-state index contributed by atoms with van der Waals surface area (Å²) in [5.41, 5.74) is 4.53. The number of H-pyrrole nitrogens is 2. The molecule has 28 heavy (non-hydrogen) atoms. The Balaban J connectivity index is 1.23. The molecule has 0 aliphatic rings. The van der Waals surface area contributed by atoms with Crippen LogP contribution in [0.5, 0.6) is 0 Å². The number of fused-ring (bicyclic) bond motifs is 2. The minimum absolute atomic E-state index is 0.596. The van der Waals surface area contributed by atoms with Gasteiger partial charge in [0, 0.05) is 36.4 Å². The van der Waals surface area contributed by atoms with E-state index in [4.69, 9.17) is 0 Å². The number of aromatic amines is 2. The molecule has 0 saturated heterocycles. The normalized spacial score (nSPS) is 11.1. The van der Waals surface area contributed by atoms with E-state index in [2.05, 4.69) is 72.2 Å². The Morgan fingerprint density at radius 1 is 0.821 bits per heavy atom. The van der Waals surface area contributed by atoms with Crippen molar-refractivity contribution in [1.29, 1.82) is 0 Å². The molecule has 0 aliphatic carbocycles. The van der Waals surface area contributed by atoms with Crippen molar-refractivity contribution in [3.63, 3.8) is 0 Å². The summed E-state index contributed by atoms with van der Waals surface area (Å²) in [7, 11) is 0. The maximum Gasteiger partial charge on any atom is 0.224 e. The molecule has 0 saturated carbocycles. The van der Waals surface area contributed by atoms with E-state index in [9.17, 15) is 0 Å². The molecule has 0 aliphatic heterocycles. The minimum Gasteiger partial charge on any atom is -0.366 e. The van der Waals surface area contributed by atoms with Crippen LogP contribution in [0.4, 0.5) is 11.8 Å². The summed E-state index contributed by atoms with van der Waals surface area (Å²) in [5, 5.41) is 16.0. The average molecular weight is 369 g/mol. The number of aromatic nitrogens is 5. The summed E-state index contributed by atoms with van der Waals surface area (Å²) in [6.07, 6.45) is 5.53. The van der Waals surface area contributed by atoms with Crippen LogP contribution < -0.4 is 10.6 Å². The summed E-state index contributed by atoms with van der Waals surface area (Å²) in [6.45, 7) is 1.35. The lowest BCUT2D eigenvalue weighted by Gasteiger charge is -2.09. The second-order valence-electron chi connectivity index (χ2n) is 6.66. The van der Waals surface area contributed by atoms with Gasteiger partial charge in [-0.15, -0.1) is 0 Å². The third-order valence-corrected chi connectivity index (χ3v) is 4.70. The first-order valence-corrected chi connectivity index (χ1v) is 9.12. The van der Waals surface area contributed by atoms with Crippen molar-refractivity contribution < 1.29 is 0 Å². The Labute approximate surface area is 161 Å². The van der Waals surface area contributed by atoms with Crippen LogP contribution in [0.2, 0.25) is 0 Å². The van der Waals surface area contributed by atoms with Gasteiger partial charge in [-0.2, -0.15) is 10.1 Å². The summed E-state index contributed by atoms with van der Waals surface area (Å²) in [5.74, 6) is 1.38. The molecular formula is C21H19N7. The minimum atomic E-state index is 0.596. The molecule has 4 N–H and O–H groups in total. The summed E-state index contributed by atoms with van der Waals surface area (Å²) < 4.78 is 0. The van der Waals surface area contributed by atoms with Crippen molar-refractivity contribution in [1.82, 2.24) is 25.1 Å². The number of benzene rings is 2. The molecule has 0 atom stereocenters. The Morgan fingerprint density at radius 2 is 1.64 bits per heavy atom. The van der Waals surface area contributed by atoms with Gasteiger partial charge >= 0.3 is 0 Å². The number of nitrogens with one attached hydrogen (secondary N) is 4. The topological polar surface area (TPSA) is 94.3 Å². The van der Waals surface area contributed by atoms with Crippen molar-refractivity contribution >= 4 is 33.6 Å². The first-order valence-electron chi connectivity index (χ1n) is 9.12. The molecule has 138 valence electrons. The third-order valence-electron chi connectivity index (χ3n) is 4.70. The molecule has 0 bridgehead atoms. The molecule has 0 unspecified atom stereocenters. The Kier molecular flexibility index (Phi) is 4.10. The Hall–Kier alpha value is -3.87. The second-order valence-corrected chi connectivity index (χ2v) is 6.66. The maximum atomic E-state index is 4.55. The van der Waals surface area contributed by atoms with Gasteiger partial charge in [0.15, 0.2) is 0 Å². The molecule has 7 heteroatoms. The lowest BCUT2D eigenvalue weighted by Crippen LogP contribution is -2.06. The van der Waals surface area contributed by atoms with Gasteiger partial charge < -0.3 is 15.6 Å². The zero-order valence-corrected chi connectivity index (χ0v) is 15.1. The van der Waals surface area contributed by atoms with Crippen molar-refractivity contribution in [3.8, 4) is 0 Å². The Bertz CT molecular complexity index is 1140. The predicted octanol–water partition coefficient (Wildman–Crippen LogP) is 4.06. The third kappa shape index (κ3) is 3.37. The molecule has 3 aromatic heterocycles. The molecule has 0 amide bonds. The van der Waals surface area contributed by atoms with Crippen molar-refractivity contribution in [2.45, 2.75) is 13.1 Å². The summed E-state index contributed by atoms with van der Waals surface area (Å²) >= 11 is 0. The molecular weight excluding hydrogens is 350 g/mol. The molecule has 5 aromatic rings. The van der Waals surface area contributed by atoms with Crippen LogP contribution in [-0.4, -0.2) is 25.1 Å². The smallest absolute Gasteiger partial charge is 0.224 e. The van der Waals surface area contributed by atoms with Crippen LogP contribution in [0.25, 0.3) is 21.8 Å². The van der Waals surface area contributed by atoms with Crippen LogP contribution >= 0.6 is 0 Å². The maximum absolute atomic E-state index is 4.55. The molecule has 7 nitrogen and oxygen atoms in total. The fraction of sp³-hybridized carbons (Fsp3) is 0.0952. The molecule has 2 aromatic carbocycles. The second kappa shape index (κ2) is 7.03. The molecule has 0 spiro atoms. The van der Waals surface area contributed by atoms with Crippen LogP contribution in [-0.2, 0) is 13.1 Å². The fourth-order valence-electron chi connectivity index (χ4n) is 3.23. The van der Waals surface area contributed by atoms with Crippen LogP contribution in [0.1, 0.15) is 11.1 Å². The standard InChI is InChI=1S/C21H19N7/c1-3-18-16(5-7-22-18)9-14(1)11-24-20-6-8-23-21(27-20)25-12-15-2-4-19-17(10-15)13-26-28-19/h1-10,13,22H,11-12H2,(H,26,28)(H2,23,24,25,27). The molecule has 3 heterocycles. The van der Waals surface area contributed by atoms with E-state index in [0.29, 0.717) is 19.0 Å². The van der Waals surface area contributed by atoms with E-state index >= 15 is 0 Å². The number of hydrogen-bond acceptors (Lipinski definition) is 5. The Morgan fingerprint density at radius 3 is 2.57 bits per heavy atom. The van der Waals surface area contributed by atoms with Crippen molar-refractivity contribution in [3.05, 3.63) is 78.2 Å². The van der Waals surface area contributed by atoms with E-state index in [-0.39, 0.29) is 0 Å². The number of anilines is 2. The SMILES string of the molecule is c1cc(NCc2ccc3[nH]ccc3c2)nc(NCc2ccc3[nH]ncc3c2)n1. The van der Waals surface area contributed by atoms with Gasteiger partial charge in [0.2, 0.25) is 5.95 Å². The van der Waals surface area contributed by atoms with E-state index < -0.39 is 0 Å². The quantitative estimate of drug-likeness (QED) is 0.362. The largest absolute Gasteiger partial charge is 0.366 e. The highest BCUT2D eigenvalue weighted by atomic mass is 15.1. The predicted molar refractivity (Wildman–Crippen MR) is 111 cm³/mol. The van der Waals surface area contributed by atoms with E-state index in [1.54, 1.807) is 6.20 Å².